The first-order chi connectivity index (χ1) is 11.7. The van der Waals surface area contributed by atoms with Crippen LogP contribution in [0.4, 0.5) is 0 Å². The third-order valence-corrected chi connectivity index (χ3v) is 6.53. The van der Waals surface area contributed by atoms with E-state index in [1.54, 1.807) is 24.3 Å². The summed E-state index contributed by atoms with van der Waals surface area (Å²) in [5, 5.41) is 11.3. The summed E-state index contributed by atoms with van der Waals surface area (Å²) >= 11 is 0. The summed E-state index contributed by atoms with van der Waals surface area (Å²) in [5.41, 5.74) is 0.933. The van der Waals surface area contributed by atoms with E-state index >= 15 is 0 Å². The molecule has 2 rings (SSSR count). The van der Waals surface area contributed by atoms with Crippen LogP contribution in [-0.4, -0.2) is 49.6 Å². The van der Waals surface area contributed by atoms with E-state index in [0.717, 1.165) is 24.7 Å². The molecule has 0 spiro atoms. The lowest BCUT2D eigenvalue weighted by atomic mass is 10.1. The molecule has 1 amide bonds. The van der Waals surface area contributed by atoms with Gasteiger partial charge in [-0.25, -0.2) is 13.2 Å². The summed E-state index contributed by atoms with van der Waals surface area (Å²) in [5.74, 6) is -0.996. The molecule has 1 aliphatic rings. The summed E-state index contributed by atoms with van der Waals surface area (Å²) in [6, 6.07) is 6.89. The average Bonchev–Trinajstić information content (AvgIpc) is 3.05. The lowest BCUT2D eigenvalue weighted by Crippen LogP contribution is -2.50. The first-order valence-electron chi connectivity index (χ1n) is 8.16. The normalized spacial score (nSPS) is 16.4. The number of carboxylic acids is 1. The monoisotopic (exact) mass is 369 g/mol. The molecule has 0 bridgehead atoms. The first-order valence-corrected chi connectivity index (χ1v) is 10.1. The van der Waals surface area contributed by atoms with Gasteiger partial charge in [-0.05, 0) is 37.0 Å². The van der Waals surface area contributed by atoms with E-state index < -0.39 is 33.1 Å². The maximum Gasteiger partial charge on any atom is 0.341 e. The molecule has 0 atom stereocenters. The first kappa shape index (κ1) is 19.2. The number of hydrogen-bond donors (Lipinski definition) is 2. The lowest BCUT2D eigenvalue weighted by Gasteiger charge is -2.25. The molecule has 25 heavy (non-hydrogen) atoms. The van der Waals surface area contributed by atoms with E-state index in [4.69, 9.17) is 9.84 Å². The van der Waals surface area contributed by atoms with Gasteiger partial charge in [0.25, 0.3) is 0 Å². The van der Waals surface area contributed by atoms with E-state index in [1.807, 2.05) is 0 Å². The van der Waals surface area contributed by atoms with Gasteiger partial charge in [0.15, 0.2) is 16.4 Å². The molecule has 0 saturated heterocycles. The van der Waals surface area contributed by atoms with Crippen LogP contribution < -0.4 is 10.1 Å². The van der Waals surface area contributed by atoms with Gasteiger partial charge in [-0.2, -0.15) is 0 Å². The zero-order valence-corrected chi connectivity index (χ0v) is 15.0. The van der Waals surface area contributed by atoms with Gasteiger partial charge < -0.3 is 15.2 Å². The summed E-state index contributed by atoms with van der Waals surface area (Å²) in [6.45, 7) is -0.0611. The van der Waals surface area contributed by atoms with E-state index in [1.165, 1.54) is 0 Å². The number of hydrogen-bond acceptors (Lipinski definition) is 5. The molecule has 7 nitrogen and oxygen atoms in total. The second-order valence-electron chi connectivity index (χ2n) is 6.31. The SMILES string of the molecule is CS(=O)(=O)C1(C(=O)NCCc2ccc(OCC(=O)O)cc2)CCCC1. The van der Waals surface area contributed by atoms with Crippen LogP contribution in [0, 0.1) is 0 Å². The van der Waals surface area contributed by atoms with Crippen molar-refractivity contribution in [2.75, 3.05) is 19.4 Å². The highest BCUT2D eigenvalue weighted by molar-refractivity contribution is 7.92. The Hall–Kier alpha value is -2.09. The Balaban J connectivity index is 1.87. The van der Waals surface area contributed by atoms with Gasteiger partial charge in [0.05, 0.1) is 0 Å². The van der Waals surface area contributed by atoms with Crippen molar-refractivity contribution < 1.29 is 27.9 Å². The molecule has 0 aromatic heterocycles. The summed E-state index contributed by atoms with van der Waals surface area (Å²) in [4.78, 5) is 22.9. The molecule has 0 heterocycles. The largest absolute Gasteiger partial charge is 0.482 e. The highest BCUT2D eigenvalue weighted by atomic mass is 32.2. The molecular weight excluding hydrogens is 346 g/mol. The number of rotatable bonds is 8. The van der Waals surface area contributed by atoms with Crippen LogP contribution in [0.2, 0.25) is 0 Å². The molecule has 1 aromatic carbocycles. The smallest absolute Gasteiger partial charge is 0.341 e. The minimum atomic E-state index is -3.45. The molecule has 138 valence electrons. The molecule has 1 aliphatic carbocycles. The second-order valence-corrected chi connectivity index (χ2v) is 8.63. The molecule has 0 aliphatic heterocycles. The van der Waals surface area contributed by atoms with Crippen LogP contribution in [-0.2, 0) is 25.8 Å². The molecule has 2 N–H and O–H groups in total. The minimum absolute atomic E-state index is 0.339. The summed E-state index contributed by atoms with van der Waals surface area (Å²) < 4.78 is 27.9. The fourth-order valence-corrected chi connectivity index (χ4v) is 4.53. The molecule has 1 saturated carbocycles. The minimum Gasteiger partial charge on any atom is -0.482 e. The number of amides is 1. The van der Waals surface area contributed by atoms with Crippen molar-refractivity contribution in [3.8, 4) is 5.75 Å². The topological polar surface area (TPSA) is 110 Å². The zero-order valence-electron chi connectivity index (χ0n) is 14.2. The Bertz CT molecular complexity index is 720. The fraction of sp³-hybridized carbons (Fsp3) is 0.529. The number of sulfone groups is 1. The van der Waals surface area contributed by atoms with Crippen LogP contribution in [0.5, 0.6) is 5.75 Å². The van der Waals surface area contributed by atoms with Crippen LogP contribution in [0.15, 0.2) is 24.3 Å². The quantitative estimate of drug-likeness (QED) is 0.712. The van der Waals surface area contributed by atoms with Crippen LogP contribution >= 0.6 is 0 Å². The number of aliphatic carboxylic acids is 1. The van der Waals surface area contributed by atoms with Crippen molar-refractivity contribution in [3.05, 3.63) is 29.8 Å². The van der Waals surface area contributed by atoms with Crippen molar-refractivity contribution in [3.63, 3.8) is 0 Å². The second kappa shape index (κ2) is 7.86. The Kier molecular flexibility index (Phi) is 6.05. The van der Waals surface area contributed by atoms with Gasteiger partial charge in [-0.1, -0.05) is 25.0 Å². The molecule has 0 unspecified atom stereocenters. The van der Waals surface area contributed by atoms with Crippen LogP contribution in [0.25, 0.3) is 0 Å². The van der Waals surface area contributed by atoms with E-state index in [-0.39, 0.29) is 0 Å². The number of nitrogens with one attached hydrogen (secondary N) is 1. The standard InChI is InChI=1S/C17H23NO6S/c1-25(22,23)17(9-2-3-10-17)16(21)18-11-8-13-4-6-14(7-5-13)24-12-15(19)20/h4-7H,2-3,8-12H2,1H3,(H,18,21)(H,19,20). The van der Waals surface area contributed by atoms with Crippen molar-refractivity contribution in [2.24, 2.45) is 0 Å². The number of carboxylic acid groups (broad SMARTS) is 1. The fourth-order valence-electron chi connectivity index (χ4n) is 3.09. The summed E-state index contributed by atoms with van der Waals surface area (Å²) in [7, 11) is -3.45. The Morgan fingerprint density at radius 2 is 1.80 bits per heavy atom. The van der Waals surface area contributed by atoms with Gasteiger partial charge in [-0.3, -0.25) is 4.79 Å². The maximum atomic E-state index is 12.4. The van der Waals surface area contributed by atoms with Gasteiger partial charge in [0, 0.05) is 12.8 Å². The molecule has 0 radical (unpaired) electrons. The molecular formula is C17H23NO6S. The summed E-state index contributed by atoms with van der Waals surface area (Å²) in [6.07, 6.45) is 3.94. The predicted octanol–water partition coefficient (Wildman–Crippen LogP) is 1.17. The number of carbonyl (C=O) groups is 2. The number of ether oxygens (including phenoxy) is 1. The number of carbonyl (C=O) groups excluding carboxylic acids is 1. The van der Waals surface area contributed by atoms with Crippen LogP contribution in [0.3, 0.4) is 0 Å². The van der Waals surface area contributed by atoms with Crippen molar-refractivity contribution in [1.82, 2.24) is 5.32 Å². The van der Waals surface area contributed by atoms with Crippen molar-refractivity contribution >= 4 is 21.7 Å². The van der Waals surface area contributed by atoms with Crippen molar-refractivity contribution in [2.45, 2.75) is 36.9 Å². The third kappa shape index (κ3) is 4.72. The average molecular weight is 369 g/mol. The number of benzene rings is 1. The van der Waals surface area contributed by atoms with E-state index in [2.05, 4.69) is 5.32 Å². The Labute approximate surface area is 147 Å². The highest BCUT2D eigenvalue weighted by Crippen LogP contribution is 2.36. The maximum absolute atomic E-state index is 12.4. The van der Waals surface area contributed by atoms with Gasteiger partial charge in [-0.15, -0.1) is 0 Å². The van der Waals surface area contributed by atoms with Gasteiger partial charge in [0.2, 0.25) is 5.91 Å². The van der Waals surface area contributed by atoms with Gasteiger partial charge >= 0.3 is 5.97 Å². The molecule has 8 heteroatoms. The lowest BCUT2D eigenvalue weighted by molar-refractivity contribution is -0.139. The van der Waals surface area contributed by atoms with E-state index in [0.29, 0.717) is 31.6 Å². The highest BCUT2D eigenvalue weighted by Gasteiger charge is 2.49. The molecule has 1 aromatic rings. The van der Waals surface area contributed by atoms with Crippen LogP contribution in [0.1, 0.15) is 31.2 Å². The van der Waals surface area contributed by atoms with Crippen molar-refractivity contribution in [1.29, 1.82) is 0 Å². The predicted molar refractivity (Wildman–Crippen MR) is 92.3 cm³/mol. The molecule has 1 fully saturated rings. The Morgan fingerprint density at radius 1 is 1.20 bits per heavy atom. The Morgan fingerprint density at radius 3 is 2.32 bits per heavy atom. The van der Waals surface area contributed by atoms with Gasteiger partial charge in [0.1, 0.15) is 10.5 Å². The third-order valence-electron chi connectivity index (χ3n) is 4.52. The zero-order chi connectivity index (χ0) is 18.5. The van der Waals surface area contributed by atoms with E-state index in [9.17, 15) is 18.0 Å².